The van der Waals surface area contributed by atoms with Crippen molar-refractivity contribution in [2.45, 2.75) is 31.5 Å². The zero-order valence-corrected chi connectivity index (χ0v) is 17.4. The number of fused-ring (bicyclic) bond motifs is 3. The molecule has 2 N–H and O–H groups in total. The highest BCUT2D eigenvalue weighted by Crippen LogP contribution is 2.31. The van der Waals surface area contributed by atoms with Crippen molar-refractivity contribution in [1.29, 1.82) is 0 Å². The van der Waals surface area contributed by atoms with Crippen LogP contribution in [0.25, 0.3) is 16.9 Å². The van der Waals surface area contributed by atoms with Crippen LogP contribution in [0.15, 0.2) is 67.1 Å². The number of aromatic nitrogens is 4. The third-order valence-corrected chi connectivity index (χ3v) is 6.40. The van der Waals surface area contributed by atoms with Gasteiger partial charge in [0.25, 0.3) is 0 Å². The van der Waals surface area contributed by atoms with Crippen LogP contribution in [0.5, 0.6) is 0 Å². The Morgan fingerprint density at radius 1 is 1.10 bits per heavy atom. The summed E-state index contributed by atoms with van der Waals surface area (Å²) in [6.07, 6.45) is 6.87. The topological polar surface area (TPSA) is 70.4 Å². The van der Waals surface area contributed by atoms with Crippen molar-refractivity contribution in [1.82, 2.24) is 24.7 Å². The Labute approximate surface area is 181 Å². The summed E-state index contributed by atoms with van der Waals surface area (Å²) in [6.45, 7) is 4.16. The maximum atomic E-state index is 5.09. The summed E-state index contributed by atoms with van der Waals surface area (Å²) in [4.78, 5) is 16.6. The molecule has 0 radical (unpaired) electrons. The molecule has 1 aromatic carbocycles. The van der Waals surface area contributed by atoms with E-state index in [0.717, 1.165) is 41.8 Å². The van der Waals surface area contributed by atoms with Crippen LogP contribution in [-0.2, 0) is 0 Å². The Morgan fingerprint density at radius 3 is 2.81 bits per heavy atom. The molecule has 0 spiro atoms. The molecule has 4 aromatic rings. The molecule has 2 fully saturated rings. The highest BCUT2D eigenvalue weighted by atomic mass is 15.4. The number of hydrogen-bond acceptors (Lipinski definition) is 6. The Kier molecular flexibility index (Phi) is 4.35. The highest BCUT2D eigenvalue weighted by molar-refractivity contribution is 5.68. The first kappa shape index (κ1) is 18.3. The minimum absolute atomic E-state index is 0.162. The molecule has 2 aliphatic rings. The maximum absolute atomic E-state index is 5.09. The van der Waals surface area contributed by atoms with Gasteiger partial charge in [-0.3, -0.25) is 4.40 Å². The first-order chi connectivity index (χ1) is 15.2. The summed E-state index contributed by atoms with van der Waals surface area (Å²) in [5.41, 5.74) is 4.10. The zero-order valence-electron chi connectivity index (χ0n) is 17.4. The average molecular weight is 412 g/mol. The molecule has 7 heteroatoms. The van der Waals surface area contributed by atoms with E-state index >= 15 is 0 Å². The van der Waals surface area contributed by atoms with Crippen molar-refractivity contribution in [2.24, 2.45) is 0 Å². The monoisotopic (exact) mass is 411 g/mol. The van der Waals surface area contributed by atoms with Gasteiger partial charge in [-0.2, -0.15) is 0 Å². The Bertz CT molecular complexity index is 1220. The SMILES string of the molecule is C[C@@H](Nc1cc(-c2cc3nccn3c(N3CC4CC3CN4)n2)ccn1)c1ccccc1. The molecule has 0 amide bonds. The average Bonchev–Trinajstić information content (AvgIpc) is 3.56. The Balaban J connectivity index is 1.34. The molecule has 2 aliphatic heterocycles. The van der Waals surface area contributed by atoms with Gasteiger partial charge in [0.1, 0.15) is 11.5 Å². The van der Waals surface area contributed by atoms with Crippen molar-refractivity contribution in [3.63, 3.8) is 0 Å². The summed E-state index contributed by atoms with van der Waals surface area (Å²) in [7, 11) is 0. The number of nitrogens with one attached hydrogen (secondary N) is 2. The molecule has 156 valence electrons. The number of piperazine rings is 1. The van der Waals surface area contributed by atoms with Crippen LogP contribution < -0.4 is 15.5 Å². The zero-order chi connectivity index (χ0) is 20.8. The molecule has 3 aromatic heterocycles. The van der Waals surface area contributed by atoms with E-state index in [1.165, 1.54) is 12.0 Å². The van der Waals surface area contributed by atoms with Crippen LogP contribution in [0.1, 0.15) is 24.9 Å². The van der Waals surface area contributed by atoms with E-state index in [-0.39, 0.29) is 6.04 Å². The minimum atomic E-state index is 0.162. The van der Waals surface area contributed by atoms with Crippen molar-refractivity contribution in [3.05, 3.63) is 72.7 Å². The summed E-state index contributed by atoms with van der Waals surface area (Å²) < 4.78 is 2.10. The van der Waals surface area contributed by atoms with Gasteiger partial charge < -0.3 is 15.5 Å². The smallest absolute Gasteiger partial charge is 0.212 e. The number of pyridine rings is 1. The molecule has 2 bridgehead atoms. The van der Waals surface area contributed by atoms with E-state index in [9.17, 15) is 0 Å². The molecule has 0 saturated carbocycles. The fourth-order valence-electron chi connectivity index (χ4n) is 4.78. The quantitative estimate of drug-likeness (QED) is 0.524. The van der Waals surface area contributed by atoms with Crippen LogP contribution in [0.3, 0.4) is 0 Å². The molecular weight excluding hydrogens is 386 g/mol. The lowest BCUT2D eigenvalue weighted by atomic mass is 10.1. The second-order valence-corrected chi connectivity index (χ2v) is 8.45. The van der Waals surface area contributed by atoms with Crippen molar-refractivity contribution >= 4 is 17.4 Å². The fraction of sp³-hybridized carbons (Fsp3) is 0.292. The standard InChI is InChI=1S/C24H25N7/c1-16(17-5-3-2-4-6-17)28-22-11-18(7-8-25-22)21-13-23-26-9-10-30(23)24(29-21)31-15-19-12-20(31)14-27-19/h2-11,13,16,19-20,27H,12,14-15H2,1H3,(H,25,28)/t16-,19?,20?/m1/s1. The van der Waals surface area contributed by atoms with E-state index < -0.39 is 0 Å². The third kappa shape index (κ3) is 3.31. The number of hydrogen-bond donors (Lipinski definition) is 2. The molecule has 0 aliphatic carbocycles. The molecule has 7 nitrogen and oxygen atoms in total. The van der Waals surface area contributed by atoms with Gasteiger partial charge in [-0.15, -0.1) is 0 Å². The second-order valence-electron chi connectivity index (χ2n) is 8.45. The molecule has 6 rings (SSSR count). The maximum Gasteiger partial charge on any atom is 0.212 e. The van der Waals surface area contributed by atoms with Crippen LogP contribution in [-0.4, -0.2) is 44.5 Å². The van der Waals surface area contributed by atoms with Gasteiger partial charge in [0.05, 0.1) is 5.69 Å². The number of rotatable bonds is 5. The van der Waals surface area contributed by atoms with Gasteiger partial charge in [-0.1, -0.05) is 30.3 Å². The summed E-state index contributed by atoms with van der Waals surface area (Å²) in [6, 6.07) is 17.8. The van der Waals surface area contributed by atoms with E-state index in [4.69, 9.17) is 4.98 Å². The normalized spacial score (nSPS) is 21.0. The van der Waals surface area contributed by atoms with Crippen LogP contribution in [0, 0.1) is 0 Å². The van der Waals surface area contributed by atoms with Gasteiger partial charge >= 0.3 is 0 Å². The predicted molar refractivity (Wildman–Crippen MR) is 122 cm³/mol. The Morgan fingerprint density at radius 2 is 2.00 bits per heavy atom. The molecule has 2 unspecified atom stereocenters. The van der Waals surface area contributed by atoms with E-state index in [0.29, 0.717) is 12.1 Å². The molecule has 3 atom stereocenters. The van der Waals surface area contributed by atoms with Crippen LogP contribution in [0.2, 0.25) is 0 Å². The summed E-state index contributed by atoms with van der Waals surface area (Å²) >= 11 is 0. The van der Waals surface area contributed by atoms with Gasteiger partial charge in [0, 0.05) is 61.4 Å². The summed E-state index contributed by atoms with van der Waals surface area (Å²) in [5, 5.41) is 7.09. The van der Waals surface area contributed by atoms with Gasteiger partial charge in [0.15, 0.2) is 0 Å². The lowest BCUT2D eigenvalue weighted by Crippen LogP contribution is -2.44. The summed E-state index contributed by atoms with van der Waals surface area (Å²) in [5.74, 6) is 1.81. The van der Waals surface area contributed by atoms with Crippen LogP contribution in [0.4, 0.5) is 11.8 Å². The van der Waals surface area contributed by atoms with Gasteiger partial charge in [-0.05, 0) is 31.0 Å². The van der Waals surface area contributed by atoms with E-state index in [2.05, 4.69) is 73.2 Å². The van der Waals surface area contributed by atoms with Gasteiger partial charge in [0.2, 0.25) is 5.95 Å². The third-order valence-electron chi connectivity index (χ3n) is 6.40. The highest BCUT2D eigenvalue weighted by Gasteiger charge is 2.39. The number of nitrogens with zero attached hydrogens (tertiary/aromatic N) is 5. The first-order valence-electron chi connectivity index (χ1n) is 10.9. The Hall–Kier alpha value is -3.45. The van der Waals surface area contributed by atoms with Crippen molar-refractivity contribution < 1.29 is 0 Å². The second kappa shape index (κ2) is 7.35. The van der Waals surface area contributed by atoms with E-state index in [1.807, 2.05) is 30.7 Å². The number of anilines is 2. The van der Waals surface area contributed by atoms with Crippen molar-refractivity contribution in [2.75, 3.05) is 23.3 Å². The lowest BCUT2D eigenvalue weighted by Gasteiger charge is -2.29. The molecule has 31 heavy (non-hydrogen) atoms. The predicted octanol–water partition coefficient (Wildman–Crippen LogP) is 3.51. The lowest BCUT2D eigenvalue weighted by molar-refractivity contribution is 0.570. The van der Waals surface area contributed by atoms with Crippen molar-refractivity contribution in [3.8, 4) is 11.3 Å². The minimum Gasteiger partial charge on any atom is -0.364 e. The van der Waals surface area contributed by atoms with Gasteiger partial charge in [-0.25, -0.2) is 15.0 Å². The largest absolute Gasteiger partial charge is 0.364 e. The first-order valence-corrected chi connectivity index (χ1v) is 10.9. The van der Waals surface area contributed by atoms with Crippen LogP contribution >= 0.6 is 0 Å². The molecule has 2 saturated heterocycles. The number of imidazole rings is 1. The molecular formula is C24H25N7. The van der Waals surface area contributed by atoms with E-state index in [1.54, 1.807) is 0 Å². The molecule has 5 heterocycles. The number of benzene rings is 1. The fourth-order valence-corrected chi connectivity index (χ4v) is 4.78.